The molecular formula is C11H23N3O4. The van der Waals surface area contributed by atoms with Gasteiger partial charge in [-0.2, -0.15) is 0 Å². The third-order valence-corrected chi connectivity index (χ3v) is 2.43. The van der Waals surface area contributed by atoms with Crippen LogP contribution < -0.4 is 5.32 Å². The van der Waals surface area contributed by atoms with Gasteiger partial charge < -0.3 is 25.3 Å². The molecule has 1 atom stereocenters. The molecular weight excluding hydrogens is 238 g/mol. The van der Waals surface area contributed by atoms with Gasteiger partial charge in [-0.25, -0.2) is 9.59 Å². The molecule has 2 amide bonds. The minimum atomic E-state index is -1.56. The molecule has 0 bridgehead atoms. The van der Waals surface area contributed by atoms with E-state index in [0.29, 0.717) is 13.1 Å². The number of hydrogen-bond acceptors (Lipinski definition) is 4. The normalized spacial score (nSPS) is 12.3. The second kappa shape index (κ2) is 8.71. The molecule has 0 radical (unpaired) electrons. The summed E-state index contributed by atoms with van der Waals surface area (Å²) in [6, 6.07) is -0.350. The van der Waals surface area contributed by atoms with Crippen LogP contribution in [0.3, 0.4) is 0 Å². The van der Waals surface area contributed by atoms with Crippen LogP contribution in [0.2, 0.25) is 0 Å². The predicted octanol–water partition coefficient (Wildman–Crippen LogP) is -0.585. The largest absolute Gasteiger partial charge is 0.479 e. The first-order valence-electron chi connectivity index (χ1n) is 5.96. The topological polar surface area (TPSA) is 93.1 Å². The van der Waals surface area contributed by atoms with Gasteiger partial charge in [-0.05, 0) is 34.0 Å². The molecule has 18 heavy (non-hydrogen) atoms. The second-order valence-electron chi connectivity index (χ2n) is 4.28. The maximum Gasteiger partial charge on any atom is 0.334 e. The average Bonchev–Trinajstić information content (AvgIpc) is 2.30. The van der Waals surface area contributed by atoms with Gasteiger partial charge in [-0.15, -0.1) is 0 Å². The SMILES string of the molecule is CCN(CCCN(C)C)C(=O)NC[C@H](O)C(=O)O. The fourth-order valence-electron chi connectivity index (χ4n) is 1.36. The van der Waals surface area contributed by atoms with Crippen LogP contribution in [-0.2, 0) is 4.79 Å². The maximum atomic E-state index is 11.7. The van der Waals surface area contributed by atoms with Crippen LogP contribution in [0, 0.1) is 0 Å². The summed E-state index contributed by atoms with van der Waals surface area (Å²) in [7, 11) is 3.92. The Hall–Kier alpha value is -1.34. The Balaban J connectivity index is 3.99. The number of nitrogens with one attached hydrogen (secondary N) is 1. The number of aliphatic carboxylic acids is 1. The molecule has 0 fully saturated rings. The molecule has 7 heteroatoms. The van der Waals surface area contributed by atoms with E-state index >= 15 is 0 Å². The van der Waals surface area contributed by atoms with Gasteiger partial charge >= 0.3 is 12.0 Å². The monoisotopic (exact) mass is 261 g/mol. The van der Waals surface area contributed by atoms with Crippen molar-refractivity contribution < 1.29 is 19.8 Å². The quantitative estimate of drug-likeness (QED) is 0.543. The summed E-state index contributed by atoms with van der Waals surface area (Å²) in [6.45, 7) is 3.59. The van der Waals surface area contributed by atoms with Crippen molar-refractivity contribution in [2.24, 2.45) is 0 Å². The Labute approximate surface area is 107 Å². The van der Waals surface area contributed by atoms with Gasteiger partial charge in [0.2, 0.25) is 0 Å². The molecule has 0 spiro atoms. The van der Waals surface area contributed by atoms with Gasteiger partial charge in [-0.1, -0.05) is 0 Å². The number of rotatable bonds is 8. The fraction of sp³-hybridized carbons (Fsp3) is 0.818. The number of carbonyl (C=O) groups is 2. The van der Waals surface area contributed by atoms with Crippen molar-refractivity contribution >= 4 is 12.0 Å². The molecule has 0 aliphatic carbocycles. The zero-order chi connectivity index (χ0) is 14.1. The van der Waals surface area contributed by atoms with Gasteiger partial charge in [-0.3, -0.25) is 0 Å². The highest BCUT2D eigenvalue weighted by Gasteiger charge is 2.16. The summed E-state index contributed by atoms with van der Waals surface area (Å²) in [6.07, 6.45) is -0.718. The Kier molecular flexibility index (Phi) is 8.06. The van der Waals surface area contributed by atoms with E-state index < -0.39 is 12.1 Å². The standard InChI is InChI=1S/C11H23N3O4/c1-4-14(7-5-6-13(2)3)11(18)12-8-9(15)10(16)17/h9,15H,4-8H2,1-3H3,(H,12,18)(H,16,17)/t9-/m0/s1. The van der Waals surface area contributed by atoms with Crippen molar-refractivity contribution in [2.75, 3.05) is 40.3 Å². The van der Waals surface area contributed by atoms with Crippen LogP contribution in [0.15, 0.2) is 0 Å². The summed E-state index contributed by atoms with van der Waals surface area (Å²) in [5.74, 6) is -1.34. The number of carbonyl (C=O) groups excluding carboxylic acids is 1. The van der Waals surface area contributed by atoms with Crippen LogP contribution >= 0.6 is 0 Å². The van der Waals surface area contributed by atoms with Crippen molar-refractivity contribution in [2.45, 2.75) is 19.4 Å². The van der Waals surface area contributed by atoms with E-state index in [1.54, 1.807) is 4.90 Å². The molecule has 0 aliphatic heterocycles. The number of aliphatic hydroxyl groups excluding tert-OH is 1. The zero-order valence-electron chi connectivity index (χ0n) is 11.2. The van der Waals surface area contributed by atoms with Crippen LogP contribution in [0.5, 0.6) is 0 Å². The predicted molar refractivity (Wildman–Crippen MR) is 67.5 cm³/mol. The Morgan fingerprint density at radius 1 is 1.28 bits per heavy atom. The Morgan fingerprint density at radius 2 is 1.89 bits per heavy atom. The Morgan fingerprint density at radius 3 is 2.33 bits per heavy atom. The fourth-order valence-corrected chi connectivity index (χ4v) is 1.36. The van der Waals surface area contributed by atoms with Gasteiger partial charge in [0, 0.05) is 13.1 Å². The van der Waals surface area contributed by atoms with E-state index in [1.165, 1.54) is 0 Å². The van der Waals surface area contributed by atoms with Crippen LogP contribution in [0.1, 0.15) is 13.3 Å². The first-order valence-corrected chi connectivity index (χ1v) is 5.96. The van der Waals surface area contributed by atoms with Crippen LogP contribution in [-0.4, -0.2) is 78.4 Å². The van der Waals surface area contributed by atoms with E-state index in [4.69, 9.17) is 10.2 Å². The lowest BCUT2D eigenvalue weighted by atomic mass is 10.3. The smallest absolute Gasteiger partial charge is 0.334 e. The highest BCUT2D eigenvalue weighted by Crippen LogP contribution is 1.94. The van der Waals surface area contributed by atoms with E-state index in [-0.39, 0.29) is 12.6 Å². The lowest BCUT2D eigenvalue weighted by Gasteiger charge is -2.22. The van der Waals surface area contributed by atoms with E-state index in [9.17, 15) is 9.59 Å². The molecule has 0 heterocycles. The summed E-state index contributed by atoms with van der Waals surface area (Å²) >= 11 is 0. The number of nitrogens with zero attached hydrogens (tertiary/aromatic N) is 2. The van der Waals surface area contributed by atoms with Gasteiger partial charge in [0.05, 0.1) is 6.54 Å². The number of hydrogen-bond donors (Lipinski definition) is 3. The molecule has 0 rings (SSSR count). The first-order chi connectivity index (χ1) is 8.38. The van der Waals surface area contributed by atoms with Crippen molar-refractivity contribution in [1.29, 1.82) is 0 Å². The van der Waals surface area contributed by atoms with E-state index in [2.05, 4.69) is 5.32 Å². The molecule has 106 valence electrons. The highest BCUT2D eigenvalue weighted by atomic mass is 16.4. The molecule has 3 N–H and O–H groups in total. The Bertz CT molecular complexity index is 271. The van der Waals surface area contributed by atoms with Crippen molar-refractivity contribution in [1.82, 2.24) is 15.1 Å². The molecule has 0 aromatic carbocycles. The van der Waals surface area contributed by atoms with Crippen molar-refractivity contribution in [3.05, 3.63) is 0 Å². The van der Waals surface area contributed by atoms with E-state index in [0.717, 1.165) is 13.0 Å². The zero-order valence-corrected chi connectivity index (χ0v) is 11.2. The molecule has 7 nitrogen and oxygen atoms in total. The summed E-state index contributed by atoms with van der Waals surface area (Å²) < 4.78 is 0. The van der Waals surface area contributed by atoms with Crippen molar-refractivity contribution in [3.8, 4) is 0 Å². The summed E-state index contributed by atoms with van der Waals surface area (Å²) in [5, 5.41) is 19.9. The maximum absolute atomic E-state index is 11.7. The molecule has 0 aliphatic rings. The number of urea groups is 1. The van der Waals surface area contributed by atoms with Gasteiger partial charge in [0.1, 0.15) is 0 Å². The first kappa shape index (κ1) is 16.7. The number of carboxylic acid groups (broad SMARTS) is 1. The summed E-state index contributed by atoms with van der Waals surface area (Å²) in [4.78, 5) is 25.7. The molecule has 0 unspecified atom stereocenters. The summed E-state index contributed by atoms with van der Waals surface area (Å²) in [5.41, 5.74) is 0. The molecule has 0 aromatic heterocycles. The minimum Gasteiger partial charge on any atom is -0.479 e. The average molecular weight is 261 g/mol. The van der Waals surface area contributed by atoms with Crippen LogP contribution in [0.25, 0.3) is 0 Å². The lowest BCUT2D eigenvalue weighted by molar-refractivity contribution is -0.146. The van der Waals surface area contributed by atoms with Crippen LogP contribution in [0.4, 0.5) is 4.79 Å². The highest BCUT2D eigenvalue weighted by molar-refractivity contribution is 5.76. The third kappa shape index (κ3) is 7.08. The van der Waals surface area contributed by atoms with Gasteiger partial charge in [0.25, 0.3) is 0 Å². The third-order valence-electron chi connectivity index (χ3n) is 2.43. The number of amides is 2. The van der Waals surface area contributed by atoms with Gasteiger partial charge in [0.15, 0.2) is 6.10 Å². The minimum absolute atomic E-state index is 0.279. The number of aliphatic hydroxyl groups is 1. The molecule has 0 aromatic rings. The lowest BCUT2D eigenvalue weighted by Crippen LogP contribution is -2.45. The van der Waals surface area contributed by atoms with E-state index in [1.807, 2.05) is 25.9 Å². The molecule has 0 saturated carbocycles. The number of carboxylic acids is 1. The molecule has 0 saturated heterocycles. The van der Waals surface area contributed by atoms with Crippen molar-refractivity contribution in [3.63, 3.8) is 0 Å². The second-order valence-corrected chi connectivity index (χ2v) is 4.28.